The molecule has 4 rings (SSSR count). The number of amides is 2. The highest BCUT2D eigenvalue weighted by molar-refractivity contribution is 7.99. The zero-order valence-electron chi connectivity index (χ0n) is 19.3. The second-order valence-corrected chi connectivity index (χ2v) is 9.03. The van der Waals surface area contributed by atoms with Crippen molar-refractivity contribution < 1.29 is 19.1 Å². The predicted octanol–water partition coefficient (Wildman–Crippen LogP) is 4.32. The van der Waals surface area contributed by atoms with Crippen LogP contribution in [0.1, 0.15) is 26.9 Å². The maximum absolute atomic E-state index is 13.6. The van der Waals surface area contributed by atoms with Crippen molar-refractivity contribution in [1.29, 1.82) is 0 Å². The van der Waals surface area contributed by atoms with Gasteiger partial charge in [0.2, 0.25) is 5.91 Å². The van der Waals surface area contributed by atoms with Crippen molar-refractivity contribution in [3.8, 4) is 11.5 Å². The highest BCUT2D eigenvalue weighted by atomic mass is 32.2. The standard InChI is InChI=1S/C27H28N2O4S/c1-32-23-14-13-21(17-24(23)33-2)27-29(26(31)20-11-7-4-8-12-20)22(18-34-27)25(30)28-16-15-19-9-5-3-6-10-19/h3-14,17,22,27H,15-16,18H2,1-2H3,(H,28,30). The third kappa shape index (κ3) is 5.20. The fourth-order valence-corrected chi connectivity index (χ4v) is 5.46. The fourth-order valence-electron chi connectivity index (χ4n) is 4.04. The molecular weight excluding hydrogens is 448 g/mol. The molecule has 0 bridgehead atoms. The molecular formula is C27H28N2O4S. The molecule has 176 valence electrons. The van der Waals surface area contributed by atoms with Gasteiger partial charge in [-0.15, -0.1) is 11.8 Å². The maximum Gasteiger partial charge on any atom is 0.255 e. The quantitative estimate of drug-likeness (QED) is 0.525. The van der Waals surface area contributed by atoms with Gasteiger partial charge in [0.15, 0.2) is 11.5 Å². The first-order chi connectivity index (χ1) is 16.6. The maximum atomic E-state index is 13.6. The SMILES string of the molecule is COc1ccc(C2SCC(C(=O)NCCc3ccccc3)N2C(=O)c2ccccc2)cc1OC. The lowest BCUT2D eigenvalue weighted by Crippen LogP contribution is -2.48. The van der Waals surface area contributed by atoms with E-state index in [9.17, 15) is 9.59 Å². The fraction of sp³-hybridized carbons (Fsp3) is 0.259. The zero-order chi connectivity index (χ0) is 23.9. The van der Waals surface area contributed by atoms with Gasteiger partial charge in [0.1, 0.15) is 11.4 Å². The molecule has 0 radical (unpaired) electrons. The Morgan fingerprint density at radius 2 is 1.62 bits per heavy atom. The highest BCUT2D eigenvalue weighted by Crippen LogP contribution is 2.44. The molecule has 0 aliphatic carbocycles. The first-order valence-electron chi connectivity index (χ1n) is 11.1. The Bertz CT molecular complexity index is 1120. The number of ether oxygens (including phenoxy) is 2. The Morgan fingerprint density at radius 3 is 2.29 bits per heavy atom. The number of rotatable bonds is 8. The molecule has 0 aromatic heterocycles. The monoisotopic (exact) mass is 476 g/mol. The van der Waals surface area contributed by atoms with Crippen LogP contribution in [0.5, 0.6) is 11.5 Å². The van der Waals surface area contributed by atoms with Gasteiger partial charge in [-0.25, -0.2) is 0 Å². The van der Waals surface area contributed by atoms with Crippen molar-refractivity contribution in [2.24, 2.45) is 0 Å². The van der Waals surface area contributed by atoms with E-state index >= 15 is 0 Å². The van der Waals surface area contributed by atoms with Crippen molar-refractivity contribution in [2.75, 3.05) is 26.5 Å². The molecule has 2 unspecified atom stereocenters. The van der Waals surface area contributed by atoms with Crippen molar-refractivity contribution in [3.63, 3.8) is 0 Å². The predicted molar refractivity (Wildman–Crippen MR) is 134 cm³/mol. The van der Waals surface area contributed by atoms with E-state index in [1.807, 2.05) is 66.7 Å². The number of nitrogens with one attached hydrogen (secondary N) is 1. The van der Waals surface area contributed by atoms with E-state index in [1.54, 1.807) is 43.0 Å². The molecule has 2 atom stereocenters. The van der Waals surface area contributed by atoms with Gasteiger partial charge in [0, 0.05) is 17.9 Å². The van der Waals surface area contributed by atoms with E-state index in [0.29, 0.717) is 29.4 Å². The number of nitrogens with zero attached hydrogens (tertiary/aromatic N) is 1. The summed E-state index contributed by atoms with van der Waals surface area (Å²) in [6, 6.07) is 24.1. The minimum atomic E-state index is -0.577. The topological polar surface area (TPSA) is 67.9 Å². The lowest BCUT2D eigenvalue weighted by molar-refractivity contribution is -0.124. The van der Waals surface area contributed by atoms with E-state index in [4.69, 9.17) is 9.47 Å². The molecule has 0 saturated carbocycles. The number of methoxy groups -OCH3 is 2. The second kappa shape index (κ2) is 11.1. The van der Waals surface area contributed by atoms with Crippen LogP contribution in [0.15, 0.2) is 78.9 Å². The number of carbonyl (C=O) groups excluding carboxylic acids is 2. The van der Waals surface area contributed by atoms with Gasteiger partial charge in [-0.3, -0.25) is 9.59 Å². The number of carbonyl (C=O) groups is 2. The molecule has 6 nitrogen and oxygen atoms in total. The minimum absolute atomic E-state index is 0.143. The van der Waals surface area contributed by atoms with Crippen LogP contribution in [0.4, 0.5) is 0 Å². The number of hydrogen-bond acceptors (Lipinski definition) is 5. The molecule has 3 aromatic carbocycles. The van der Waals surface area contributed by atoms with Crippen molar-refractivity contribution in [1.82, 2.24) is 10.2 Å². The average molecular weight is 477 g/mol. The van der Waals surface area contributed by atoms with E-state index in [-0.39, 0.29) is 17.2 Å². The Kier molecular flexibility index (Phi) is 7.75. The van der Waals surface area contributed by atoms with Crippen LogP contribution in [-0.2, 0) is 11.2 Å². The second-order valence-electron chi connectivity index (χ2n) is 7.92. The van der Waals surface area contributed by atoms with E-state index < -0.39 is 6.04 Å². The smallest absolute Gasteiger partial charge is 0.255 e. The lowest BCUT2D eigenvalue weighted by atomic mass is 10.1. The Morgan fingerprint density at radius 1 is 0.941 bits per heavy atom. The van der Waals surface area contributed by atoms with E-state index in [0.717, 1.165) is 17.5 Å². The zero-order valence-corrected chi connectivity index (χ0v) is 20.1. The summed E-state index contributed by atoms with van der Waals surface area (Å²) in [5.41, 5.74) is 2.59. The molecule has 1 aliphatic heterocycles. The van der Waals surface area contributed by atoms with Gasteiger partial charge in [-0.1, -0.05) is 54.6 Å². The molecule has 3 aromatic rings. The van der Waals surface area contributed by atoms with Gasteiger partial charge in [0.05, 0.1) is 14.2 Å². The normalized spacial score (nSPS) is 17.3. The molecule has 1 N–H and O–H groups in total. The summed E-state index contributed by atoms with van der Waals surface area (Å²) in [5.74, 6) is 1.40. The van der Waals surface area contributed by atoms with Gasteiger partial charge in [-0.05, 0) is 41.8 Å². The molecule has 2 amide bonds. The van der Waals surface area contributed by atoms with Gasteiger partial charge in [0.25, 0.3) is 5.91 Å². The lowest BCUT2D eigenvalue weighted by Gasteiger charge is -2.29. The average Bonchev–Trinajstić information content (AvgIpc) is 3.34. The van der Waals surface area contributed by atoms with Crippen LogP contribution in [0.3, 0.4) is 0 Å². The first kappa shape index (κ1) is 23.7. The molecule has 1 aliphatic rings. The van der Waals surface area contributed by atoms with Gasteiger partial charge in [-0.2, -0.15) is 0 Å². The van der Waals surface area contributed by atoms with Crippen LogP contribution >= 0.6 is 11.8 Å². The summed E-state index contributed by atoms with van der Waals surface area (Å²) >= 11 is 1.57. The molecule has 1 fully saturated rings. The van der Waals surface area contributed by atoms with Crippen LogP contribution in [0.2, 0.25) is 0 Å². The Hall–Kier alpha value is -3.45. The Labute approximate surface area is 204 Å². The van der Waals surface area contributed by atoms with E-state index in [1.165, 1.54) is 0 Å². The van der Waals surface area contributed by atoms with E-state index in [2.05, 4.69) is 5.32 Å². The highest BCUT2D eigenvalue weighted by Gasteiger charge is 2.42. The van der Waals surface area contributed by atoms with Crippen LogP contribution in [-0.4, -0.2) is 49.3 Å². The first-order valence-corrected chi connectivity index (χ1v) is 12.2. The molecule has 34 heavy (non-hydrogen) atoms. The molecule has 1 heterocycles. The molecule has 1 saturated heterocycles. The molecule has 7 heteroatoms. The number of benzene rings is 3. The third-order valence-corrected chi connectivity index (χ3v) is 7.13. The largest absolute Gasteiger partial charge is 0.493 e. The molecule has 0 spiro atoms. The van der Waals surface area contributed by atoms with Gasteiger partial charge >= 0.3 is 0 Å². The van der Waals surface area contributed by atoms with Gasteiger partial charge < -0.3 is 19.7 Å². The number of hydrogen-bond donors (Lipinski definition) is 1. The van der Waals surface area contributed by atoms with Crippen molar-refractivity contribution in [3.05, 3.63) is 95.6 Å². The summed E-state index contributed by atoms with van der Waals surface area (Å²) in [6.45, 7) is 0.512. The van der Waals surface area contributed by atoms with Crippen LogP contribution < -0.4 is 14.8 Å². The summed E-state index contributed by atoms with van der Waals surface area (Å²) in [4.78, 5) is 28.5. The van der Waals surface area contributed by atoms with Crippen LogP contribution in [0.25, 0.3) is 0 Å². The summed E-state index contributed by atoms with van der Waals surface area (Å²) < 4.78 is 10.8. The van der Waals surface area contributed by atoms with Crippen molar-refractivity contribution in [2.45, 2.75) is 17.8 Å². The number of thioether (sulfide) groups is 1. The minimum Gasteiger partial charge on any atom is -0.493 e. The third-order valence-electron chi connectivity index (χ3n) is 5.81. The summed E-state index contributed by atoms with van der Waals surface area (Å²) in [6.07, 6.45) is 0.734. The van der Waals surface area contributed by atoms with Crippen molar-refractivity contribution >= 4 is 23.6 Å². The summed E-state index contributed by atoms with van der Waals surface area (Å²) in [7, 11) is 3.17. The summed E-state index contributed by atoms with van der Waals surface area (Å²) in [5, 5.41) is 2.71. The van der Waals surface area contributed by atoms with Crippen LogP contribution in [0, 0.1) is 0 Å². The Balaban J connectivity index is 1.57.